The molecule has 3 aromatic rings. The third-order valence-corrected chi connectivity index (χ3v) is 3.95. The molecule has 3 heteroatoms. The highest BCUT2D eigenvalue weighted by Gasteiger charge is 2.08. The second-order valence-corrected chi connectivity index (χ2v) is 5.89. The normalized spacial score (nSPS) is 10.4. The summed E-state index contributed by atoms with van der Waals surface area (Å²) in [5, 5.41) is 19.1. The number of hydrogen-bond donors (Lipinski definition) is 2. The maximum Gasteiger partial charge on any atom is 0.158 e. The molecule has 0 saturated carbocycles. The van der Waals surface area contributed by atoms with Gasteiger partial charge in [0, 0.05) is 12.4 Å². The number of hydrogen-bond acceptors (Lipinski definition) is 3. The predicted molar refractivity (Wildman–Crippen MR) is 96.8 cm³/mol. The second-order valence-electron chi connectivity index (χ2n) is 5.89. The minimum atomic E-state index is -0.113. The number of benzene rings is 2. The highest BCUT2D eigenvalue weighted by Crippen LogP contribution is 2.32. The topological polar surface area (TPSA) is 53.4 Å². The van der Waals surface area contributed by atoms with Crippen LogP contribution in [-0.4, -0.2) is 15.2 Å². The Labute approximate surface area is 141 Å². The van der Waals surface area contributed by atoms with Gasteiger partial charge < -0.3 is 10.2 Å². The van der Waals surface area contributed by atoms with Crippen LogP contribution in [0.3, 0.4) is 0 Å². The number of rotatable bonds is 3. The molecule has 0 amide bonds. The zero-order chi connectivity index (χ0) is 17.1. The van der Waals surface area contributed by atoms with Crippen LogP contribution in [0.25, 0.3) is 16.7 Å². The summed E-state index contributed by atoms with van der Waals surface area (Å²) in [6.07, 6.45) is 3.59. The number of nitrogens with zero attached hydrogens (tertiary/aromatic N) is 1. The van der Waals surface area contributed by atoms with Crippen LogP contribution in [-0.2, 0) is 0 Å². The first-order valence-corrected chi connectivity index (χ1v) is 7.77. The molecule has 0 saturated heterocycles. The molecule has 3 nitrogen and oxygen atoms in total. The van der Waals surface area contributed by atoms with E-state index >= 15 is 0 Å². The smallest absolute Gasteiger partial charge is 0.158 e. The Balaban J connectivity index is 1.99. The van der Waals surface area contributed by atoms with Crippen LogP contribution in [0, 0.1) is 0 Å². The molecule has 0 aliphatic heterocycles. The molecule has 1 heterocycles. The first kappa shape index (κ1) is 15.8. The van der Waals surface area contributed by atoms with Crippen molar-refractivity contribution < 1.29 is 10.2 Å². The Bertz CT molecular complexity index is 877. The van der Waals surface area contributed by atoms with Gasteiger partial charge in [-0.1, -0.05) is 35.9 Å². The molecule has 0 bridgehead atoms. The minimum Gasteiger partial charge on any atom is -0.504 e. The van der Waals surface area contributed by atoms with Gasteiger partial charge in [0.15, 0.2) is 11.5 Å². The van der Waals surface area contributed by atoms with E-state index in [9.17, 15) is 10.2 Å². The lowest BCUT2D eigenvalue weighted by molar-refractivity contribution is 0.404. The average Bonchev–Trinajstić information content (AvgIpc) is 2.59. The minimum absolute atomic E-state index is 0.111. The summed E-state index contributed by atoms with van der Waals surface area (Å²) in [4.78, 5) is 4.08. The molecule has 1 aromatic heterocycles. The van der Waals surface area contributed by atoms with Crippen molar-refractivity contribution in [2.24, 2.45) is 0 Å². The van der Waals surface area contributed by atoms with Crippen molar-refractivity contribution in [3.8, 4) is 22.6 Å². The van der Waals surface area contributed by atoms with Gasteiger partial charge in [0.1, 0.15) is 0 Å². The van der Waals surface area contributed by atoms with E-state index in [-0.39, 0.29) is 11.5 Å². The first-order valence-electron chi connectivity index (χ1n) is 7.77. The van der Waals surface area contributed by atoms with E-state index in [0.717, 1.165) is 22.3 Å². The van der Waals surface area contributed by atoms with Gasteiger partial charge in [-0.05, 0) is 65.9 Å². The highest BCUT2D eigenvalue weighted by molar-refractivity contribution is 5.82. The largest absolute Gasteiger partial charge is 0.504 e. The van der Waals surface area contributed by atoms with E-state index in [0.29, 0.717) is 0 Å². The van der Waals surface area contributed by atoms with E-state index in [1.54, 1.807) is 24.5 Å². The third-order valence-electron chi connectivity index (χ3n) is 3.95. The highest BCUT2D eigenvalue weighted by atomic mass is 16.3. The standard InChI is InChI=1S/C21H19NO2/c1-14(2)21(17-9-11-22-12-10-17)16-5-3-15(4-6-16)18-7-8-19(23)20(24)13-18/h3-13,23-24H,1-2H3. The van der Waals surface area contributed by atoms with Gasteiger partial charge in [-0.25, -0.2) is 0 Å². The van der Waals surface area contributed by atoms with Gasteiger partial charge in [-0.2, -0.15) is 0 Å². The Morgan fingerprint density at radius 2 is 1.29 bits per heavy atom. The monoisotopic (exact) mass is 317 g/mol. The van der Waals surface area contributed by atoms with Crippen molar-refractivity contribution in [3.05, 3.63) is 83.7 Å². The molecule has 0 fully saturated rings. The Kier molecular flexibility index (Phi) is 4.34. The number of aromatic hydroxyl groups is 2. The maximum atomic E-state index is 9.66. The fourth-order valence-corrected chi connectivity index (χ4v) is 2.79. The molecule has 0 radical (unpaired) electrons. The van der Waals surface area contributed by atoms with Crippen LogP contribution in [0.1, 0.15) is 25.0 Å². The summed E-state index contributed by atoms with van der Waals surface area (Å²) in [7, 11) is 0. The number of allylic oxidation sites excluding steroid dienone is 1. The Hall–Kier alpha value is -3.07. The Morgan fingerprint density at radius 1 is 0.708 bits per heavy atom. The molecular weight excluding hydrogens is 298 g/mol. The summed E-state index contributed by atoms with van der Waals surface area (Å²) in [5.41, 5.74) is 6.54. The lowest BCUT2D eigenvalue weighted by atomic mass is 9.93. The van der Waals surface area contributed by atoms with Crippen LogP contribution in [0.15, 0.2) is 72.6 Å². The molecule has 0 unspecified atom stereocenters. The average molecular weight is 317 g/mol. The molecule has 0 aliphatic rings. The van der Waals surface area contributed by atoms with Crippen molar-refractivity contribution in [1.82, 2.24) is 4.98 Å². The molecule has 0 spiro atoms. The zero-order valence-electron chi connectivity index (χ0n) is 13.7. The van der Waals surface area contributed by atoms with Crippen LogP contribution in [0.4, 0.5) is 0 Å². The third kappa shape index (κ3) is 3.15. The van der Waals surface area contributed by atoms with E-state index in [2.05, 4.69) is 31.0 Å². The van der Waals surface area contributed by atoms with Gasteiger partial charge in [-0.3, -0.25) is 4.98 Å². The van der Waals surface area contributed by atoms with Crippen LogP contribution in [0.2, 0.25) is 0 Å². The van der Waals surface area contributed by atoms with Crippen LogP contribution < -0.4 is 0 Å². The predicted octanol–water partition coefficient (Wildman–Crippen LogP) is 5.00. The fourth-order valence-electron chi connectivity index (χ4n) is 2.79. The molecule has 0 atom stereocenters. The molecular formula is C21H19NO2. The summed E-state index contributed by atoms with van der Waals surface area (Å²) < 4.78 is 0. The molecule has 120 valence electrons. The summed E-state index contributed by atoms with van der Waals surface area (Å²) >= 11 is 0. The van der Waals surface area contributed by atoms with E-state index in [1.165, 1.54) is 17.2 Å². The lowest BCUT2D eigenvalue weighted by Gasteiger charge is -2.12. The van der Waals surface area contributed by atoms with Gasteiger partial charge >= 0.3 is 0 Å². The van der Waals surface area contributed by atoms with Crippen molar-refractivity contribution >= 4 is 5.57 Å². The van der Waals surface area contributed by atoms with Crippen LogP contribution in [0.5, 0.6) is 11.5 Å². The van der Waals surface area contributed by atoms with Gasteiger partial charge in [0.2, 0.25) is 0 Å². The molecule has 24 heavy (non-hydrogen) atoms. The molecule has 0 aliphatic carbocycles. The van der Waals surface area contributed by atoms with Crippen molar-refractivity contribution in [3.63, 3.8) is 0 Å². The summed E-state index contributed by atoms with van der Waals surface area (Å²) in [6, 6.07) is 17.0. The molecule has 3 rings (SSSR count). The number of pyridine rings is 1. The molecule has 2 N–H and O–H groups in total. The second kappa shape index (κ2) is 6.59. The zero-order valence-corrected chi connectivity index (χ0v) is 13.7. The van der Waals surface area contributed by atoms with Gasteiger partial charge in [-0.15, -0.1) is 0 Å². The van der Waals surface area contributed by atoms with Crippen molar-refractivity contribution in [2.45, 2.75) is 13.8 Å². The van der Waals surface area contributed by atoms with E-state index < -0.39 is 0 Å². The fraction of sp³-hybridized carbons (Fsp3) is 0.0952. The van der Waals surface area contributed by atoms with Crippen molar-refractivity contribution in [2.75, 3.05) is 0 Å². The summed E-state index contributed by atoms with van der Waals surface area (Å²) in [5.74, 6) is -0.224. The van der Waals surface area contributed by atoms with E-state index in [1.807, 2.05) is 24.3 Å². The summed E-state index contributed by atoms with van der Waals surface area (Å²) in [6.45, 7) is 4.20. The van der Waals surface area contributed by atoms with Gasteiger partial charge in [0.05, 0.1) is 0 Å². The number of phenolic OH excluding ortho intramolecular Hbond substituents is 2. The van der Waals surface area contributed by atoms with Gasteiger partial charge in [0.25, 0.3) is 0 Å². The SMILES string of the molecule is CC(C)=C(c1ccncc1)c1ccc(-c2ccc(O)c(O)c2)cc1. The first-order chi connectivity index (χ1) is 11.6. The Morgan fingerprint density at radius 3 is 1.88 bits per heavy atom. The van der Waals surface area contributed by atoms with E-state index in [4.69, 9.17) is 0 Å². The maximum absolute atomic E-state index is 9.66. The van der Waals surface area contributed by atoms with Crippen molar-refractivity contribution in [1.29, 1.82) is 0 Å². The quantitative estimate of drug-likeness (QED) is 0.668. The van der Waals surface area contributed by atoms with Crippen LogP contribution >= 0.6 is 0 Å². The lowest BCUT2D eigenvalue weighted by Crippen LogP contribution is -1.91. The number of aromatic nitrogens is 1. The molecule has 2 aromatic carbocycles. The number of phenols is 2.